The second-order valence-corrected chi connectivity index (χ2v) is 9.10. The summed E-state index contributed by atoms with van der Waals surface area (Å²) < 4.78 is 5.76. The van der Waals surface area contributed by atoms with Crippen LogP contribution in [0.15, 0.2) is 0 Å². The molecule has 0 aliphatic carbocycles. The summed E-state index contributed by atoms with van der Waals surface area (Å²) in [4.78, 5) is 0. The maximum atomic E-state index is 5.76. The van der Waals surface area contributed by atoms with Crippen molar-refractivity contribution in [3.05, 3.63) is 6.92 Å². The Labute approximate surface area is 103 Å². The van der Waals surface area contributed by atoms with Crippen molar-refractivity contribution in [2.45, 2.75) is 58.2 Å². The second kappa shape index (κ2) is 10.3. The second-order valence-electron chi connectivity index (χ2n) is 4.58. The predicted molar refractivity (Wildman–Crippen MR) is 62.4 cm³/mol. The van der Waals surface area contributed by atoms with Crippen LogP contribution in [0, 0.1) is 6.92 Å². The van der Waals surface area contributed by atoms with Gasteiger partial charge in [-0.1, -0.05) is 25.7 Å². The van der Waals surface area contributed by atoms with E-state index < -0.39 is 8.32 Å². The summed E-state index contributed by atoms with van der Waals surface area (Å²) in [5.74, 6) is 0. The molecule has 0 aromatic carbocycles. The molecule has 0 spiro atoms. The average Bonchev–Trinajstić information content (AvgIpc) is 2.01. The topological polar surface area (TPSA) is 9.23 Å². The maximum Gasteiger partial charge on any atom is 1.00 e. The molecule has 0 unspecified atom stereocenters. The van der Waals surface area contributed by atoms with Crippen molar-refractivity contribution in [2.24, 2.45) is 0 Å². The third-order valence-electron chi connectivity index (χ3n) is 1.93. The molecule has 0 aliphatic heterocycles. The zero-order chi connectivity index (χ0) is 10.2. The molecule has 0 radical (unpaired) electrons. The number of unbranched alkanes of at least 4 members (excludes halogenated alkanes) is 5. The SMILES string of the molecule is [CH2-]CCCCCCCO[Si](C)(C)C.[Li+]. The van der Waals surface area contributed by atoms with E-state index in [0.29, 0.717) is 0 Å². The van der Waals surface area contributed by atoms with Crippen LogP contribution < -0.4 is 18.9 Å². The van der Waals surface area contributed by atoms with Gasteiger partial charge in [-0.25, -0.2) is 0 Å². The summed E-state index contributed by atoms with van der Waals surface area (Å²) in [6.07, 6.45) is 7.63. The van der Waals surface area contributed by atoms with Crippen molar-refractivity contribution in [1.29, 1.82) is 0 Å². The van der Waals surface area contributed by atoms with Crippen LogP contribution in [0.3, 0.4) is 0 Å². The van der Waals surface area contributed by atoms with Crippen LogP contribution in [-0.2, 0) is 4.43 Å². The van der Waals surface area contributed by atoms with Gasteiger partial charge in [0.2, 0.25) is 0 Å². The Hall–Kier alpha value is 0.774. The zero-order valence-electron chi connectivity index (χ0n) is 10.6. The minimum Gasteiger partial charge on any atom is -0.418 e. The Morgan fingerprint density at radius 2 is 1.43 bits per heavy atom. The monoisotopic (exact) mass is 208 g/mol. The number of rotatable bonds is 8. The standard InChI is InChI=1S/C11H25OSi.Li/c1-5-6-7-8-9-10-11-12-13(2,3)4;/h1,5-11H2,2-4H3;/q-1;+1. The van der Waals surface area contributed by atoms with Gasteiger partial charge in [0.15, 0.2) is 8.32 Å². The molecule has 1 nitrogen and oxygen atoms in total. The van der Waals surface area contributed by atoms with Gasteiger partial charge in [0.05, 0.1) is 0 Å². The fraction of sp³-hybridized carbons (Fsp3) is 0.909. The van der Waals surface area contributed by atoms with Crippen molar-refractivity contribution in [3.63, 3.8) is 0 Å². The van der Waals surface area contributed by atoms with E-state index in [9.17, 15) is 0 Å². The molecular formula is C11H25LiOSi. The normalized spacial score (nSPS) is 11.1. The molecular weight excluding hydrogens is 183 g/mol. The quantitative estimate of drug-likeness (QED) is 0.329. The van der Waals surface area contributed by atoms with Crippen LogP contribution in [0.5, 0.6) is 0 Å². The van der Waals surface area contributed by atoms with Gasteiger partial charge < -0.3 is 11.3 Å². The fourth-order valence-electron chi connectivity index (χ4n) is 1.19. The average molecular weight is 208 g/mol. The van der Waals surface area contributed by atoms with Gasteiger partial charge in [-0.3, -0.25) is 0 Å². The fourth-order valence-corrected chi connectivity index (χ4v) is 1.94. The maximum absolute atomic E-state index is 5.76. The molecule has 0 amide bonds. The molecule has 0 saturated carbocycles. The molecule has 0 bridgehead atoms. The summed E-state index contributed by atoms with van der Waals surface area (Å²) in [7, 11) is -1.24. The van der Waals surface area contributed by atoms with Crippen molar-refractivity contribution in [1.82, 2.24) is 0 Å². The van der Waals surface area contributed by atoms with Gasteiger partial charge in [-0.05, 0) is 26.1 Å². The smallest absolute Gasteiger partial charge is 0.418 e. The molecule has 0 atom stereocenters. The van der Waals surface area contributed by atoms with E-state index in [4.69, 9.17) is 4.43 Å². The molecule has 14 heavy (non-hydrogen) atoms. The van der Waals surface area contributed by atoms with Crippen LogP contribution in [0.4, 0.5) is 0 Å². The van der Waals surface area contributed by atoms with E-state index >= 15 is 0 Å². The Balaban J connectivity index is 0. The summed E-state index contributed by atoms with van der Waals surface area (Å²) >= 11 is 0. The van der Waals surface area contributed by atoms with Crippen LogP contribution >= 0.6 is 0 Å². The third-order valence-corrected chi connectivity index (χ3v) is 3.00. The van der Waals surface area contributed by atoms with Gasteiger partial charge in [0, 0.05) is 6.61 Å². The molecule has 0 heterocycles. The molecule has 0 fully saturated rings. The first-order chi connectivity index (χ1) is 6.06. The molecule has 0 aromatic rings. The zero-order valence-corrected chi connectivity index (χ0v) is 11.6. The van der Waals surface area contributed by atoms with Crippen LogP contribution in [0.2, 0.25) is 19.6 Å². The van der Waals surface area contributed by atoms with E-state index in [0.717, 1.165) is 13.0 Å². The largest absolute Gasteiger partial charge is 1.00 e. The summed E-state index contributed by atoms with van der Waals surface area (Å²) in [5, 5.41) is 0. The van der Waals surface area contributed by atoms with Crippen molar-refractivity contribution >= 4 is 8.32 Å². The van der Waals surface area contributed by atoms with Crippen LogP contribution in [-0.4, -0.2) is 14.9 Å². The Bertz CT molecular complexity index is 112. The van der Waals surface area contributed by atoms with Crippen LogP contribution in [0.1, 0.15) is 38.5 Å². The van der Waals surface area contributed by atoms with Gasteiger partial charge in [-0.15, -0.1) is 0 Å². The Morgan fingerprint density at radius 3 is 1.93 bits per heavy atom. The van der Waals surface area contributed by atoms with Crippen LogP contribution in [0.25, 0.3) is 0 Å². The van der Waals surface area contributed by atoms with E-state index in [2.05, 4.69) is 26.6 Å². The molecule has 0 aromatic heterocycles. The van der Waals surface area contributed by atoms with Crippen molar-refractivity contribution in [3.8, 4) is 0 Å². The molecule has 0 saturated heterocycles. The van der Waals surface area contributed by atoms with Gasteiger partial charge in [0.25, 0.3) is 0 Å². The summed E-state index contributed by atoms with van der Waals surface area (Å²) in [5.41, 5.74) is 0. The van der Waals surface area contributed by atoms with Gasteiger partial charge in [-0.2, -0.15) is 6.42 Å². The molecule has 0 aliphatic rings. The molecule has 0 rings (SSSR count). The Morgan fingerprint density at radius 1 is 0.929 bits per heavy atom. The molecule has 80 valence electrons. The van der Waals surface area contributed by atoms with E-state index in [1.807, 2.05) is 0 Å². The third kappa shape index (κ3) is 15.3. The minimum absolute atomic E-state index is 0. The molecule has 3 heteroatoms. The van der Waals surface area contributed by atoms with Gasteiger partial charge in [0.1, 0.15) is 0 Å². The molecule has 0 N–H and O–H groups in total. The number of hydrogen-bond acceptors (Lipinski definition) is 1. The summed E-state index contributed by atoms with van der Waals surface area (Å²) in [6, 6.07) is 0. The van der Waals surface area contributed by atoms with E-state index in [1.165, 1.54) is 32.1 Å². The first-order valence-corrected chi connectivity index (χ1v) is 8.90. The van der Waals surface area contributed by atoms with Crippen molar-refractivity contribution in [2.75, 3.05) is 6.61 Å². The number of hydrogen-bond donors (Lipinski definition) is 0. The van der Waals surface area contributed by atoms with Gasteiger partial charge >= 0.3 is 18.9 Å². The Kier molecular flexibility index (Phi) is 12.6. The van der Waals surface area contributed by atoms with E-state index in [-0.39, 0.29) is 18.9 Å². The van der Waals surface area contributed by atoms with Crippen molar-refractivity contribution < 1.29 is 23.3 Å². The predicted octanol–water partition coefficient (Wildman–Crippen LogP) is 1.02. The first-order valence-electron chi connectivity index (χ1n) is 5.49. The first kappa shape index (κ1) is 17.2. The summed E-state index contributed by atoms with van der Waals surface area (Å²) in [6.45, 7) is 11.5. The van der Waals surface area contributed by atoms with E-state index in [1.54, 1.807) is 0 Å². The minimum atomic E-state index is -1.24.